The highest BCUT2D eigenvalue weighted by Crippen LogP contribution is 2.30. The van der Waals surface area contributed by atoms with Crippen molar-refractivity contribution in [1.82, 2.24) is 9.29 Å². The lowest BCUT2D eigenvalue weighted by Gasteiger charge is -2.21. The Hall–Kier alpha value is -1.51. The first-order valence-electron chi connectivity index (χ1n) is 12.1. The molecule has 1 amide bonds. The molecule has 32 heavy (non-hydrogen) atoms. The zero-order valence-electron chi connectivity index (χ0n) is 19.4. The lowest BCUT2D eigenvalue weighted by Crippen LogP contribution is -2.33. The molecular weight excluding hydrogens is 442 g/mol. The summed E-state index contributed by atoms with van der Waals surface area (Å²) in [5.41, 5.74) is 0.713. The van der Waals surface area contributed by atoms with Crippen LogP contribution in [0.3, 0.4) is 0 Å². The maximum absolute atomic E-state index is 13.2. The number of amides is 1. The second-order valence-corrected chi connectivity index (χ2v) is 11.8. The predicted molar refractivity (Wildman–Crippen MR) is 133 cm³/mol. The number of nitrogens with zero attached hydrogens (tertiary/aromatic N) is 2. The van der Waals surface area contributed by atoms with E-state index in [1.165, 1.54) is 43.4 Å². The van der Waals surface area contributed by atoms with E-state index in [4.69, 9.17) is 0 Å². The smallest absolute Gasteiger partial charge is 0.243 e. The topological polar surface area (TPSA) is 79.4 Å². The Bertz CT molecular complexity index is 974. The van der Waals surface area contributed by atoms with Gasteiger partial charge in [0.1, 0.15) is 0 Å². The molecule has 0 spiro atoms. The molecule has 1 saturated carbocycles. The number of benzene rings is 1. The number of rotatable bonds is 12. The average Bonchev–Trinajstić information content (AvgIpc) is 3.19. The van der Waals surface area contributed by atoms with Gasteiger partial charge in [0.25, 0.3) is 0 Å². The first kappa shape index (κ1) is 25.1. The van der Waals surface area contributed by atoms with Gasteiger partial charge < -0.3 is 5.32 Å². The summed E-state index contributed by atoms with van der Waals surface area (Å²) in [5, 5.41) is 3.46. The minimum Gasteiger partial charge on any atom is -0.302 e. The van der Waals surface area contributed by atoms with Gasteiger partial charge in [-0.1, -0.05) is 70.1 Å². The molecule has 0 unspecified atom stereocenters. The normalized spacial score (nSPS) is 15.5. The highest BCUT2D eigenvalue weighted by molar-refractivity contribution is 7.89. The summed E-state index contributed by atoms with van der Waals surface area (Å²) in [7, 11) is -3.55. The highest BCUT2D eigenvalue weighted by Gasteiger charge is 2.24. The van der Waals surface area contributed by atoms with Gasteiger partial charge in [-0.15, -0.1) is 0 Å². The van der Waals surface area contributed by atoms with Crippen LogP contribution in [0.1, 0.15) is 84.5 Å². The van der Waals surface area contributed by atoms with Gasteiger partial charge >= 0.3 is 0 Å². The van der Waals surface area contributed by atoms with Crippen molar-refractivity contribution >= 4 is 42.6 Å². The first-order valence-corrected chi connectivity index (χ1v) is 14.4. The molecule has 0 aliphatic heterocycles. The van der Waals surface area contributed by atoms with E-state index in [2.05, 4.69) is 24.1 Å². The van der Waals surface area contributed by atoms with E-state index in [-0.39, 0.29) is 5.91 Å². The Morgan fingerprint density at radius 1 is 1.12 bits per heavy atom. The van der Waals surface area contributed by atoms with Crippen LogP contribution in [0.4, 0.5) is 5.13 Å². The summed E-state index contributed by atoms with van der Waals surface area (Å²) < 4.78 is 28.9. The number of aromatic nitrogens is 1. The van der Waals surface area contributed by atoms with Crippen LogP contribution in [0.2, 0.25) is 0 Å². The van der Waals surface area contributed by atoms with E-state index >= 15 is 0 Å². The van der Waals surface area contributed by atoms with Gasteiger partial charge in [0.05, 0.1) is 15.1 Å². The Morgan fingerprint density at radius 2 is 1.81 bits per heavy atom. The summed E-state index contributed by atoms with van der Waals surface area (Å²) in [4.78, 5) is 17.2. The molecule has 2 aromatic rings. The molecule has 1 aromatic heterocycles. The molecule has 1 N–H and O–H groups in total. The number of sulfonamides is 1. The van der Waals surface area contributed by atoms with Crippen LogP contribution in [-0.2, 0) is 14.8 Å². The number of carbonyl (C=O) groups is 1. The van der Waals surface area contributed by atoms with Gasteiger partial charge in [-0.05, 0) is 43.4 Å². The molecule has 0 bridgehead atoms. The molecule has 0 saturated heterocycles. The van der Waals surface area contributed by atoms with E-state index in [9.17, 15) is 13.2 Å². The molecule has 1 aliphatic rings. The number of thiazole rings is 1. The maximum Gasteiger partial charge on any atom is 0.243 e. The van der Waals surface area contributed by atoms with Crippen LogP contribution in [0.15, 0.2) is 23.1 Å². The number of hydrogen-bond acceptors (Lipinski definition) is 5. The maximum atomic E-state index is 13.2. The van der Waals surface area contributed by atoms with E-state index in [1.807, 2.05) is 0 Å². The monoisotopic (exact) mass is 479 g/mol. The van der Waals surface area contributed by atoms with Crippen LogP contribution in [-0.4, -0.2) is 36.7 Å². The van der Waals surface area contributed by atoms with Crippen molar-refractivity contribution in [3.8, 4) is 0 Å². The first-order chi connectivity index (χ1) is 15.4. The number of anilines is 1. The standard InChI is InChI=1S/C24H37N3O3S2/c1-3-5-16-27(17-6-4-2)32(29,30)20-13-14-21-22(18-20)31-24(25-21)26-23(28)15-12-19-10-8-7-9-11-19/h13-14,18-19H,3-12,15-17H2,1-2H3,(H,25,26,28). The molecule has 0 radical (unpaired) electrons. The van der Waals surface area contributed by atoms with Gasteiger partial charge in [0.2, 0.25) is 15.9 Å². The Labute approximate surface area is 196 Å². The third-order valence-corrected chi connectivity index (χ3v) is 9.10. The van der Waals surface area contributed by atoms with Crippen LogP contribution in [0, 0.1) is 5.92 Å². The summed E-state index contributed by atoms with van der Waals surface area (Å²) in [6.07, 6.45) is 11.4. The van der Waals surface area contributed by atoms with Gasteiger partial charge in [-0.3, -0.25) is 4.79 Å². The highest BCUT2D eigenvalue weighted by atomic mass is 32.2. The van der Waals surface area contributed by atoms with Gasteiger partial charge in [0, 0.05) is 19.5 Å². The van der Waals surface area contributed by atoms with E-state index in [0.717, 1.165) is 36.8 Å². The quantitative estimate of drug-likeness (QED) is 0.394. The molecule has 178 valence electrons. The van der Waals surface area contributed by atoms with Crippen LogP contribution >= 0.6 is 11.3 Å². The van der Waals surface area contributed by atoms with Crippen LogP contribution < -0.4 is 5.32 Å². The van der Waals surface area contributed by atoms with E-state index < -0.39 is 10.0 Å². The molecule has 6 nitrogen and oxygen atoms in total. The molecule has 8 heteroatoms. The predicted octanol–water partition coefficient (Wildman–Crippen LogP) is 6.19. The van der Waals surface area contributed by atoms with E-state index in [1.54, 1.807) is 22.5 Å². The zero-order valence-corrected chi connectivity index (χ0v) is 21.1. The van der Waals surface area contributed by atoms with Crippen molar-refractivity contribution in [2.24, 2.45) is 5.92 Å². The van der Waals surface area contributed by atoms with Crippen LogP contribution in [0.5, 0.6) is 0 Å². The number of fused-ring (bicyclic) bond motifs is 1. The largest absolute Gasteiger partial charge is 0.302 e. The van der Waals surface area contributed by atoms with Crippen molar-refractivity contribution < 1.29 is 13.2 Å². The lowest BCUT2D eigenvalue weighted by molar-refractivity contribution is -0.116. The fourth-order valence-electron chi connectivity index (χ4n) is 4.28. The fourth-order valence-corrected chi connectivity index (χ4v) is 6.82. The Morgan fingerprint density at radius 3 is 2.47 bits per heavy atom. The number of carbonyl (C=O) groups excluding carboxylic acids is 1. The van der Waals surface area contributed by atoms with Crippen molar-refractivity contribution in [3.05, 3.63) is 18.2 Å². The lowest BCUT2D eigenvalue weighted by atomic mass is 9.86. The van der Waals surface area contributed by atoms with E-state index in [0.29, 0.717) is 41.0 Å². The second-order valence-electron chi connectivity index (χ2n) is 8.85. The summed E-state index contributed by atoms with van der Waals surface area (Å²) in [6, 6.07) is 5.08. The number of unbranched alkanes of at least 4 members (excludes halogenated alkanes) is 2. The zero-order chi connectivity index (χ0) is 23.0. The van der Waals surface area contributed by atoms with Gasteiger partial charge in [0.15, 0.2) is 5.13 Å². The van der Waals surface area contributed by atoms with Crippen molar-refractivity contribution in [2.75, 3.05) is 18.4 Å². The van der Waals surface area contributed by atoms with Crippen molar-refractivity contribution in [2.45, 2.75) is 89.4 Å². The van der Waals surface area contributed by atoms with Crippen molar-refractivity contribution in [1.29, 1.82) is 0 Å². The third kappa shape index (κ3) is 6.75. The molecular formula is C24H37N3O3S2. The second kappa shape index (κ2) is 12.1. The third-order valence-electron chi connectivity index (χ3n) is 6.27. The molecule has 1 fully saturated rings. The minimum absolute atomic E-state index is 0.00668. The molecule has 3 rings (SSSR count). The minimum atomic E-state index is -3.55. The average molecular weight is 480 g/mol. The SMILES string of the molecule is CCCCN(CCCC)S(=O)(=O)c1ccc2nc(NC(=O)CCC3CCCCC3)sc2c1. The summed E-state index contributed by atoms with van der Waals surface area (Å²) in [5.74, 6) is 0.661. The number of nitrogens with one attached hydrogen (secondary N) is 1. The van der Waals surface area contributed by atoms with Gasteiger partial charge in [-0.25, -0.2) is 13.4 Å². The summed E-state index contributed by atoms with van der Waals surface area (Å²) in [6.45, 7) is 5.22. The van der Waals surface area contributed by atoms with Crippen molar-refractivity contribution in [3.63, 3.8) is 0 Å². The molecule has 1 aromatic carbocycles. The fraction of sp³-hybridized carbons (Fsp3) is 0.667. The van der Waals surface area contributed by atoms with Gasteiger partial charge in [-0.2, -0.15) is 4.31 Å². The van der Waals surface area contributed by atoms with Crippen LogP contribution in [0.25, 0.3) is 10.2 Å². The molecule has 1 heterocycles. The molecule has 0 atom stereocenters. The molecule has 1 aliphatic carbocycles. The number of hydrogen-bond donors (Lipinski definition) is 1. The Kier molecular flexibility index (Phi) is 9.49. The summed E-state index contributed by atoms with van der Waals surface area (Å²) >= 11 is 1.34. The Balaban J connectivity index is 1.68.